The molecule has 23 aromatic rings. The monoisotopic (exact) mass is 1400 g/mol. The minimum atomic E-state index is 0.950. The Morgan fingerprint density at radius 2 is 0.445 bits per heavy atom. The highest BCUT2D eigenvalue weighted by molar-refractivity contribution is 6.25. The van der Waals surface area contributed by atoms with Gasteiger partial charge < -0.3 is 13.3 Å². The van der Waals surface area contributed by atoms with E-state index in [1.807, 2.05) is 0 Å². The van der Waals surface area contributed by atoms with Gasteiger partial charge >= 0.3 is 0 Å². The fraction of sp³-hybridized carbons (Fsp3) is 0.0280. The Morgan fingerprint density at radius 3 is 0.909 bits per heavy atom. The first-order valence-electron chi connectivity index (χ1n) is 37.9. The highest BCUT2D eigenvalue weighted by atomic mass is 16.3. The first-order valence-corrected chi connectivity index (χ1v) is 37.9. The zero-order chi connectivity index (χ0) is 73.1. The van der Waals surface area contributed by atoms with Crippen LogP contribution in [0.4, 0.5) is 0 Å². The van der Waals surface area contributed by atoms with E-state index >= 15 is 0 Å². The standard InChI is InChI=1S/2C37H24O.C33H22O/c1-23-9-8-16-32-35-29-13-5-3-11-27(29)22-34(37(35)38-36(23)32)25-19-17-24(18-20-25)33-21-26-10-2-4-12-28(26)30-14-6-7-15-31(30)33;1-23-21-26-9-3-5-12-29(26)35-33-16-8-15-30(37(33)38-36(23)35)24-17-19-25(20-18-24)34-22-27-10-2-4-11-28(27)31-13-6-7-14-32(31)34;1-21-19-27-9-4-5-10-28(27)31-30-12-6-11-29(33(30)34-32(21)31)24-16-13-23(14-17-24)26-18-15-22-7-2-3-8-25(22)20-26/h2*2-22H,1H3;2-20H,1H3. The molecule has 0 atom stereocenters. The summed E-state index contributed by atoms with van der Waals surface area (Å²) in [5.74, 6) is 0. The van der Waals surface area contributed by atoms with Crippen molar-refractivity contribution in [2.75, 3.05) is 0 Å². The van der Waals surface area contributed by atoms with Crippen molar-refractivity contribution in [3.63, 3.8) is 0 Å². The van der Waals surface area contributed by atoms with Crippen molar-refractivity contribution < 1.29 is 13.3 Å². The minimum Gasteiger partial charge on any atom is -0.455 e. The Hall–Kier alpha value is -14.1. The maximum absolute atomic E-state index is 6.60. The van der Waals surface area contributed by atoms with E-state index < -0.39 is 0 Å². The first-order chi connectivity index (χ1) is 54.3. The van der Waals surface area contributed by atoms with Crippen LogP contribution in [0.1, 0.15) is 16.7 Å². The third-order valence-corrected chi connectivity index (χ3v) is 22.9. The second kappa shape index (κ2) is 26.1. The number of furan rings is 3. The topological polar surface area (TPSA) is 39.4 Å². The number of benzene rings is 20. The molecule has 0 saturated carbocycles. The van der Waals surface area contributed by atoms with Gasteiger partial charge in [-0.25, -0.2) is 0 Å². The summed E-state index contributed by atoms with van der Waals surface area (Å²) in [4.78, 5) is 0. The average molecular weight is 1400 g/mol. The molecule has 0 spiro atoms. The summed E-state index contributed by atoms with van der Waals surface area (Å²) in [6.07, 6.45) is 0. The van der Waals surface area contributed by atoms with Crippen molar-refractivity contribution in [2.24, 2.45) is 0 Å². The zero-order valence-electron chi connectivity index (χ0n) is 60.9. The number of hydrogen-bond acceptors (Lipinski definition) is 3. The summed E-state index contributed by atoms with van der Waals surface area (Å²) in [6, 6.07) is 133. The van der Waals surface area contributed by atoms with Crippen LogP contribution in [0.2, 0.25) is 0 Å². The molecule has 0 saturated heterocycles. The van der Waals surface area contributed by atoms with Gasteiger partial charge in [0.25, 0.3) is 0 Å². The second-order valence-electron chi connectivity index (χ2n) is 29.4. The van der Waals surface area contributed by atoms with E-state index in [1.165, 1.54) is 163 Å². The molecular formula is C107H70O3. The van der Waals surface area contributed by atoms with Gasteiger partial charge in [-0.2, -0.15) is 0 Å². The molecule has 0 aliphatic heterocycles. The van der Waals surface area contributed by atoms with Gasteiger partial charge in [-0.15, -0.1) is 0 Å². The van der Waals surface area contributed by atoms with Crippen LogP contribution in [0, 0.1) is 20.8 Å². The molecule has 3 nitrogen and oxygen atoms in total. The van der Waals surface area contributed by atoms with Crippen molar-refractivity contribution in [1.82, 2.24) is 0 Å². The first kappa shape index (κ1) is 64.3. The van der Waals surface area contributed by atoms with Gasteiger partial charge in [-0.3, -0.25) is 0 Å². The summed E-state index contributed by atoms with van der Waals surface area (Å²) in [5, 5.41) is 27.3. The number of fused-ring (bicyclic) bond motifs is 22. The van der Waals surface area contributed by atoms with Gasteiger partial charge in [0.05, 0.1) is 0 Å². The molecule has 0 amide bonds. The summed E-state index contributed by atoms with van der Waals surface area (Å²) < 4.78 is 19.7. The van der Waals surface area contributed by atoms with Gasteiger partial charge in [-0.05, 0) is 210 Å². The second-order valence-corrected chi connectivity index (χ2v) is 29.4. The molecule has 0 N–H and O–H groups in total. The molecule has 3 aromatic heterocycles. The largest absolute Gasteiger partial charge is 0.455 e. The number of rotatable bonds is 6. The SMILES string of the molecule is Cc1cc2ccccc2c2c1oc1c(-c3ccc(-c4cc5ccccc5c5ccccc45)cc3)cccc12.Cc1cc2ccccc2c2c1oc1c(-c3ccc(-c4ccc5ccccc5c4)cc3)cccc12.Cc1cccc2c1oc1c(-c3ccc(-c4cc5ccccc5c5ccccc45)cc3)cc3ccccc3c12. The quantitative estimate of drug-likeness (QED) is 0.156. The normalized spacial score (nSPS) is 11.8. The molecule has 0 radical (unpaired) electrons. The lowest BCUT2D eigenvalue weighted by Crippen LogP contribution is -1.86. The van der Waals surface area contributed by atoms with Gasteiger partial charge in [0.1, 0.15) is 33.5 Å². The lowest BCUT2D eigenvalue weighted by molar-refractivity contribution is 0.667. The highest BCUT2D eigenvalue weighted by Gasteiger charge is 2.22. The maximum Gasteiger partial charge on any atom is 0.143 e. The van der Waals surface area contributed by atoms with E-state index in [-0.39, 0.29) is 0 Å². The van der Waals surface area contributed by atoms with E-state index in [4.69, 9.17) is 13.3 Å². The molecule has 20 aromatic carbocycles. The van der Waals surface area contributed by atoms with Crippen molar-refractivity contribution in [3.05, 3.63) is 387 Å². The van der Waals surface area contributed by atoms with E-state index in [1.54, 1.807) is 0 Å². The molecule has 0 aliphatic rings. The number of aryl methyl sites for hydroxylation is 3. The van der Waals surface area contributed by atoms with Crippen molar-refractivity contribution in [2.45, 2.75) is 20.8 Å². The Kier molecular flexibility index (Phi) is 15.3. The van der Waals surface area contributed by atoms with E-state index in [0.29, 0.717) is 0 Å². The van der Waals surface area contributed by atoms with E-state index in [9.17, 15) is 0 Å². The molecule has 516 valence electrons. The number of para-hydroxylation sites is 3. The average Bonchev–Trinajstić information content (AvgIpc) is 1.56. The minimum absolute atomic E-state index is 0.950. The lowest BCUT2D eigenvalue weighted by atomic mass is 9.91. The summed E-state index contributed by atoms with van der Waals surface area (Å²) in [6.45, 7) is 6.39. The third-order valence-electron chi connectivity index (χ3n) is 22.9. The Balaban J connectivity index is 0.000000105. The van der Waals surface area contributed by atoms with Crippen LogP contribution in [0.25, 0.3) is 219 Å². The number of hydrogen-bond donors (Lipinski definition) is 0. The highest BCUT2D eigenvalue weighted by Crippen LogP contribution is 2.47. The summed E-state index contributed by atoms with van der Waals surface area (Å²) in [5.41, 5.74) is 23.5. The lowest BCUT2D eigenvalue weighted by Gasteiger charge is -2.12. The Labute approximate surface area is 635 Å². The van der Waals surface area contributed by atoms with Crippen LogP contribution >= 0.6 is 0 Å². The van der Waals surface area contributed by atoms with Gasteiger partial charge in [0, 0.05) is 49.0 Å². The van der Waals surface area contributed by atoms with Crippen LogP contribution in [-0.4, -0.2) is 0 Å². The van der Waals surface area contributed by atoms with Crippen LogP contribution < -0.4 is 0 Å². The molecule has 0 aliphatic carbocycles. The van der Waals surface area contributed by atoms with Gasteiger partial charge in [-0.1, -0.05) is 334 Å². The Morgan fingerprint density at radius 1 is 0.145 bits per heavy atom. The van der Waals surface area contributed by atoms with E-state index in [0.717, 1.165) is 72.4 Å². The van der Waals surface area contributed by atoms with Crippen LogP contribution in [0.3, 0.4) is 0 Å². The van der Waals surface area contributed by atoms with Gasteiger partial charge in [0.2, 0.25) is 0 Å². The molecule has 3 heterocycles. The molecule has 0 bridgehead atoms. The third kappa shape index (κ3) is 10.7. The van der Waals surface area contributed by atoms with Gasteiger partial charge in [0.15, 0.2) is 0 Å². The molecule has 0 unspecified atom stereocenters. The summed E-state index contributed by atoms with van der Waals surface area (Å²) >= 11 is 0. The molecular weight excluding hydrogens is 1330 g/mol. The van der Waals surface area contributed by atoms with Crippen molar-refractivity contribution in [3.8, 4) is 66.8 Å². The summed E-state index contributed by atoms with van der Waals surface area (Å²) in [7, 11) is 0. The fourth-order valence-corrected chi connectivity index (χ4v) is 17.5. The van der Waals surface area contributed by atoms with Crippen LogP contribution in [0.5, 0.6) is 0 Å². The maximum atomic E-state index is 6.60. The van der Waals surface area contributed by atoms with Crippen LogP contribution in [-0.2, 0) is 0 Å². The molecule has 3 heteroatoms. The van der Waals surface area contributed by atoms with Crippen molar-refractivity contribution >= 4 is 152 Å². The molecule has 0 fully saturated rings. The smallest absolute Gasteiger partial charge is 0.143 e. The van der Waals surface area contributed by atoms with Crippen LogP contribution in [0.15, 0.2) is 383 Å². The molecule has 110 heavy (non-hydrogen) atoms. The predicted molar refractivity (Wildman–Crippen MR) is 468 cm³/mol. The Bertz CT molecular complexity index is 7660. The predicted octanol–water partition coefficient (Wildman–Crippen LogP) is 30.9. The van der Waals surface area contributed by atoms with E-state index in [2.05, 4.69) is 391 Å². The zero-order valence-corrected chi connectivity index (χ0v) is 60.9. The molecule has 23 rings (SSSR count). The van der Waals surface area contributed by atoms with Crippen molar-refractivity contribution in [1.29, 1.82) is 0 Å². The fourth-order valence-electron chi connectivity index (χ4n) is 17.5.